The van der Waals surface area contributed by atoms with Crippen molar-refractivity contribution in [2.45, 2.75) is 78.9 Å². The van der Waals surface area contributed by atoms with Crippen LogP contribution in [-0.2, 0) is 20.1 Å². The van der Waals surface area contributed by atoms with Crippen molar-refractivity contribution in [1.82, 2.24) is 9.97 Å². The summed E-state index contributed by atoms with van der Waals surface area (Å²) in [6, 6.07) is 40.6. The van der Waals surface area contributed by atoms with Gasteiger partial charge in [0.25, 0.3) is 0 Å². The summed E-state index contributed by atoms with van der Waals surface area (Å²) in [7, 11) is -1.35. The maximum Gasteiger partial charge on any atom is 0.121 e. The third-order valence-corrected chi connectivity index (χ3v) is 11.6. The van der Waals surface area contributed by atoms with Crippen molar-refractivity contribution in [2.75, 3.05) is 0 Å². The number of hydrogen-bond donors (Lipinski definition) is 0. The van der Waals surface area contributed by atoms with Crippen molar-refractivity contribution in [3.05, 3.63) is 149 Å². The van der Waals surface area contributed by atoms with E-state index in [9.17, 15) is 0 Å². The molecule has 1 radical (unpaired) electrons. The molecule has 0 saturated heterocycles. The maximum absolute atomic E-state index is 6.18. The van der Waals surface area contributed by atoms with Crippen LogP contribution < -0.4 is 5.19 Å². The van der Waals surface area contributed by atoms with Crippen LogP contribution in [0.1, 0.15) is 80.2 Å². The number of furan rings is 1. The summed E-state index contributed by atoms with van der Waals surface area (Å²) < 4.78 is 6.18. The van der Waals surface area contributed by atoms with Gasteiger partial charge in [-0.25, -0.2) is 0 Å². The number of nitrogens with zero attached hydrogens (tertiary/aromatic N) is 2. The summed E-state index contributed by atoms with van der Waals surface area (Å²) in [5, 5.41) is 3.77. The minimum Gasteiger partial charge on any atom is -0.500 e. The van der Waals surface area contributed by atoms with Crippen molar-refractivity contribution in [1.29, 1.82) is 0 Å². The van der Waals surface area contributed by atoms with Gasteiger partial charge in [-0.2, -0.15) is 0 Å². The number of rotatable bonds is 7. The van der Waals surface area contributed by atoms with E-state index in [0.29, 0.717) is 11.8 Å². The molecule has 0 bridgehead atoms. The molecule has 5 heteroatoms. The average molecular weight is 865 g/mol. The molecule has 7 aromatic rings. The van der Waals surface area contributed by atoms with Crippen LogP contribution in [0.25, 0.3) is 44.5 Å². The predicted octanol–water partition coefficient (Wildman–Crippen LogP) is 12.2. The summed E-state index contributed by atoms with van der Waals surface area (Å²) in [6.45, 7) is 20.4. The van der Waals surface area contributed by atoms with Crippen LogP contribution in [0.3, 0.4) is 0 Å². The van der Waals surface area contributed by atoms with Gasteiger partial charge in [-0.15, -0.1) is 59.2 Å². The molecular weight excluding hydrogens is 817 g/mol. The van der Waals surface area contributed by atoms with Gasteiger partial charge in [0.1, 0.15) is 5.58 Å². The van der Waals surface area contributed by atoms with Crippen molar-refractivity contribution in [3.63, 3.8) is 0 Å². The Hall–Kier alpha value is -4.15. The maximum atomic E-state index is 6.18. The van der Waals surface area contributed by atoms with E-state index >= 15 is 0 Å². The van der Waals surface area contributed by atoms with E-state index < -0.39 is 8.07 Å². The predicted molar refractivity (Wildman–Crippen MR) is 214 cm³/mol. The molecule has 3 heterocycles. The van der Waals surface area contributed by atoms with Crippen molar-refractivity contribution < 1.29 is 24.5 Å². The number of hydrogen-bond acceptors (Lipinski definition) is 3. The van der Waals surface area contributed by atoms with Crippen LogP contribution in [0.5, 0.6) is 0 Å². The second kappa shape index (κ2) is 16.0. The van der Waals surface area contributed by atoms with Gasteiger partial charge in [-0.1, -0.05) is 132 Å². The Morgan fingerprint density at radius 2 is 1.37 bits per heavy atom. The van der Waals surface area contributed by atoms with Crippen LogP contribution in [0.15, 0.2) is 114 Å². The summed E-state index contributed by atoms with van der Waals surface area (Å²) in [4.78, 5) is 9.30. The van der Waals surface area contributed by atoms with E-state index in [4.69, 9.17) is 9.40 Å². The average Bonchev–Trinajstić information content (AvgIpc) is 3.50. The smallest absolute Gasteiger partial charge is 0.121 e. The normalized spacial score (nSPS) is 12.1. The van der Waals surface area contributed by atoms with Crippen LogP contribution >= 0.6 is 0 Å². The minimum absolute atomic E-state index is 0. The Morgan fingerprint density at radius 1 is 0.647 bits per heavy atom. The Bertz CT molecular complexity index is 2230. The third-order valence-electron chi connectivity index (χ3n) is 9.56. The summed E-state index contributed by atoms with van der Waals surface area (Å²) in [5.41, 5.74) is 12.4. The zero-order chi connectivity index (χ0) is 35.6. The molecule has 0 amide bonds. The van der Waals surface area contributed by atoms with E-state index in [-0.39, 0.29) is 26.0 Å². The molecule has 0 aliphatic carbocycles. The van der Waals surface area contributed by atoms with E-state index in [0.717, 1.165) is 39.1 Å². The van der Waals surface area contributed by atoms with Gasteiger partial charge in [0.2, 0.25) is 0 Å². The fraction of sp³-hybridized carbons (Fsp3) is 0.261. The van der Waals surface area contributed by atoms with Gasteiger partial charge in [-0.05, 0) is 51.7 Å². The van der Waals surface area contributed by atoms with Gasteiger partial charge in [-0.3, -0.25) is 0 Å². The number of pyridine rings is 2. The van der Waals surface area contributed by atoms with E-state index in [1.165, 1.54) is 38.4 Å². The quantitative estimate of drug-likeness (QED) is 0.118. The summed E-state index contributed by atoms with van der Waals surface area (Å²) in [5.74, 6) is 1.26. The van der Waals surface area contributed by atoms with Crippen LogP contribution in [0, 0.1) is 19.1 Å². The Balaban J connectivity index is 0.000000211. The van der Waals surface area contributed by atoms with Crippen molar-refractivity contribution in [2.24, 2.45) is 0 Å². The molecule has 3 nitrogen and oxygen atoms in total. The molecule has 0 aliphatic rings. The largest absolute Gasteiger partial charge is 0.500 e. The first-order valence-corrected chi connectivity index (χ1v) is 21.3. The van der Waals surface area contributed by atoms with Gasteiger partial charge in [0.05, 0.1) is 13.7 Å². The number of benzene rings is 4. The van der Waals surface area contributed by atoms with Crippen molar-refractivity contribution >= 4 is 35.2 Å². The SMILES string of the molecule is CC(C)c1ccnc(-c2[c-]cc3oc4cccc(C(C)c5ccccc5)c4c3c2)c1.Cc1c[c-]c(-c2cc(C(C)C)c([Si](C)(C)C)cn2)cc1.[Ir]. The second-order valence-electron chi connectivity index (χ2n) is 15.0. The van der Waals surface area contributed by atoms with E-state index in [1.807, 2.05) is 24.4 Å². The molecule has 4 aromatic carbocycles. The van der Waals surface area contributed by atoms with Gasteiger partial charge < -0.3 is 14.4 Å². The molecule has 263 valence electrons. The van der Waals surface area contributed by atoms with Gasteiger partial charge in [0, 0.05) is 43.8 Å². The molecule has 0 fully saturated rings. The Morgan fingerprint density at radius 3 is 2.04 bits per heavy atom. The van der Waals surface area contributed by atoms with Crippen molar-refractivity contribution in [3.8, 4) is 22.5 Å². The van der Waals surface area contributed by atoms with Crippen LogP contribution in [0.2, 0.25) is 19.6 Å². The van der Waals surface area contributed by atoms with E-state index in [1.54, 1.807) is 0 Å². The molecular formula is C46H48IrN2OSi-2. The van der Waals surface area contributed by atoms with Crippen LogP contribution in [-0.4, -0.2) is 18.0 Å². The Labute approximate surface area is 319 Å². The molecule has 3 aromatic heterocycles. The molecule has 0 aliphatic heterocycles. The summed E-state index contributed by atoms with van der Waals surface area (Å²) >= 11 is 0. The molecule has 7 rings (SSSR count). The molecule has 0 spiro atoms. The van der Waals surface area contributed by atoms with Gasteiger partial charge >= 0.3 is 0 Å². The fourth-order valence-corrected chi connectivity index (χ4v) is 8.24. The first-order valence-electron chi connectivity index (χ1n) is 17.8. The standard InChI is InChI=1S/C28H24NO.C18H24NSi.Ir/c1-18(2)21-14-15-29-25(17-21)22-12-13-26-24(16-22)28-23(10-7-11-27(28)30-26)19(3)20-8-5-4-6-9-20;1-13(2)16-11-17(15-9-7-14(3)8-10-15)19-12-18(16)20(4,5)6;/h4-11,13-19H,1-3H3;7-9,11-13H,1-6H3;/q2*-1;. The number of aromatic nitrogens is 2. The topological polar surface area (TPSA) is 38.9 Å². The second-order valence-corrected chi connectivity index (χ2v) is 20.1. The van der Waals surface area contributed by atoms with Crippen LogP contribution in [0.4, 0.5) is 0 Å². The Kier molecular flexibility index (Phi) is 12.0. The monoisotopic (exact) mass is 865 g/mol. The molecule has 0 saturated carbocycles. The van der Waals surface area contributed by atoms with Gasteiger partial charge in [0.15, 0.2) is 0 Å². The number of fused-ring (bicyclic) bond motifs is 3. The molecule has 1 unspecified atom stereocenters. The molecule has 51 heavy (non-hydrogen) atoms. The first-order chi connectivity index (χ1) is 23.9. The summed E-state index contributed by atoms with van der Waals surface area (Å²) in [6.07, 6.45) is 3.99. The third kappa shape index (κ3) is 8.50. The zero-order valence-electron chi connectivity index (χ0n) is 31.3. The zero-order valence-corrected chi connectivity index (χ0v) is 34.7. The fourth-order valence-electron chi connectivity index (χ4n) is 6.57. The number of aryl methyl sites for hydroxylation is 1. The van der Waals surface area contributed by atoms with E-state index in [2.05, 4.69) is 163 Å². The minimum atomic E-state index is -1.35. The first kappa shape index (κ1) is 38.1. The molecule has 0 N–H and O–H groups in total. The molecule has 1 atom stereocenters.